The van der Waals surface area contributed by atoms with E-state index in [0.29, 0.717) is 10.8 Å². The Bertz CT molecular complexity index is 726. The van der Waals surface area contributed by atoms with Gasteiger partial charge in [0.25, 0.3) is 0 Å². The summed E-state index contributed by atoms with van der Waals surface area (Å²) in [6.45, 7) is 11.8. The van der Waals surface area contributed by atoms with Crippen molar-refractivity contribution in [2.24, 2.45) is 46.3 Å². The van der Waals surface area contributed by atoms with Crippen LogP contribution < -0.4 is 0 Å². The summed E-state index contributed by atoms with van der Waals surface area (Å²) < 4.78 is 1.25. The van der Waals surface area contributed by atoms with Crippen LogP contribution >= 0.6 is 0 Å². The summed E-state index contributed by atoms with van der Waals surface area (Å²) in [5.74, 6) is 5.35. The van der Waals surface area contributed by atoms with Crippen LogP contribution in [0.15, 0.2) is 11.6 Å². The van der Waals surface area contributed by atoms with Crippen molar-refractivity contribution in [3.63, 3.8) is 0 Å². The molecule has 0 bridgehead atoms. The molecule has 0 aromatic heterocycles. The van der Waals surface area contributed by atoms with E-state index in [2.05, 4.69) is 47.9 Å². The van der Waals surface area contributed by atoms with Crippen LogP contribution in [-0.4, -0.2) is 42.4 Å². The number of piperidine rings is 1. The van der Waals surface area contributed by atoms with E-state index >= 15 is 0 Å². The zero-order chi connectivity index (χ0) is 22.2. The van der Waals surface area contributed by atoms with E-state index in [1.165, 1.54) is 62.4 Å². The third kappa shape index (κ3) is 3.40. The smallest absolute Gasteiger partial charge is 0.0915 e. The molecule has 3 saturated carbocycles. The number of quaternary nitrogens is 1. The molecule has 0 amide bonds. The Kier molecular flexibility index (Phi) is 5.50. The van der Waals surface area contributed by atoms with E-state index in [-0.39, 0.29) is 6.10 Å². The van der Waals surface area contributed by atoms with Gasteiger partial charge in [-0.25, -0.2) is 0 Å². The summed E-state index contributed by atoms with van der Waals surface area (Å²) in [7, 11) is 5.04. The van der Waals surface area contributed by atoms with Crippen molar-refractivity contribution in [2.75, 3.05) is 20.6 Å². The number of aliphatic hydroxyl groups is 1. The average Bonchev–Trinajstić information content (AvgIpc) is 3.04. The minimum atomic E-state index is -0.0823. The van der Waals surface area contributed by atoms with Crippen molar-refractivity contribution in [1.29, 1.82) is 0 Å². The molecule has 0 radical (unpaired) electrons. The lowest BCUT2D eigenvalue weighted by molar-refractivity contribution is -0.927. The predicted octanol–water partition coefficient (Wildman–Crippen LogP) is 6.44. The number of allylic oxidation sites excluding steroid dienone is 1. The maximum absolute atomic E-state index is 10.3. The highest BCUT2D eigenvalue weighted by Gasteiger charge is 2.60. The fourth-order valence-corrected chi connectivity index (χ4v) is 10.5. The van der Waals surface area contributed by atoms with Crippen LogP contribution in [0.5, 0.6) is 0 Å². The van der Waals surface area contributed by atoms with Crippen molar-refractivity contribution in [3.8, 4) is 0 Å². The van der Waals surface area contributed by atoms with Gasteiger partial charge < -0.3 is 9.59 Å². The first-order valence-electron chi connectivity index (χ1n) is 13.8. The molecular weight excluding hydrogens is 378 g/mol. The summed E-state index contributed by atoms with van der Waals surface area (Å²) in [6.07, 6.45) is 15.7. The van der Waals surface area contributed by atoms with E-state index in [9.17, 15) is 5.11 Å². The average molecular weight is 429 g/mol. The van der Waals surface area contributed by atoms with E-state index in [4.69, 9.17) is 0 Å². The van der Waals surface area contributed by atoms with Gasteiger partial charge in [-0.3, -0.25) is 0 Å². The van der Waals surface area contributed by atoms with Crippen LogP contribution in [0.4, 0.5) is 0 Å². The first-order chi connectivity index (χ1) is 14.6. The normalized spacial score (nSPS) is 52.5. The molecule has 0 unspecified atom stereocenters. The first-order valence-corrected chi connectivity index (χ1v) is 13.8. The van der Waals surface area contributed by atoms with Gasteiger partial charge in [-0.1, -0.05) is 39.3 Å². The molecule has 4 fully saturated rings. The second kappa shape index (κ2) is 7.59. The zero-order valence-electron chi connectivity index (χ0n) is 21.4. The maximum atomic E-state index is 10.3. The van der Waals surface area contributed by atoms with Gasteiger partial charge in [-0.05, 0) is 92.3 Å². The SMILES string of the molecule is C[C@@H]1CC[C@@H]([C@H](C)[C@@H]2CC[C@@H]3[C@H]4CC=C5C[C@@H](O)CC[C@]5(C)[C@@H]4CC[C@@]32C)[N+](C)(C)C1. The zero-order valence-corrected chi connectivity index (χ0v) is 21.4. The summed E-state index contributed by atoms with van der Waals surface area (Å²) in [4.78, 5) is 0. The van der Waals surface area contributed by atoms with Gasteiger partial charge in [0.05, 0.1) is 32.8 Å². The largest absolute Gasteiger partial charge is 0.393 e. The van der Waals surface area contributed by atoms with Crippen LogP contribution in [0.3, 0.4) is 0 Å². The Morgan fingerprint density at radius 2 is 1.77 bits per heavy atom. The Morgan fingerprint density at radius 1 is 1.00 bits per heavy atom. The lowest BCUT2D eigenvalue weighted by atomic mass is 9.47. The lowest BCUT2D eigenvalue weighted by Crippen LogP contribution is -2.59. The van der Waals surface area contributed by atoms with Crippen LogP contribution in [0.1, 0.15) is 91.9 Å². The molecular formula is C29H50NO+. The highest BCUT2D eigenvalue weighted by Crippen LogP contribution is 2.67. The quantitative estimate of drug-likeness (QED) is 0.396. The van der Waals surface area contributed by atoms with E-state index in [0.717, 1.165) is 54.4 Å². The van der Waals surface area contributed by atoms with Crippen LogP contribution in [0.25, 0.3) is 0 Å². The Labute approximate surface area is 192 Å². The van der Waals surface area contributed by atoms with Gasteiger partial charge in [0.15, 0.2) is 0 Å². The van der Waals surface area contributed by atoms with Gasteiger partial charge in [-0.15, -0.1) is 0 Å². The minimum Gasteiger partial charge on any atom is -0.393 e. The molecule has 2 heteroatoms. The fraction of sp³-hybridized carbons (Fsp3) is 0.931. The Morgan fingerprint density at radius 3 is 2.52 bits per heavy atom. The summed E-state index contributed by atoms with van der Waals surface area (Å²) in [6, 6.07) is 0.852. The van der Waals surface area contributed by atoms with Crippen LogP contribution in [0.2, 0.25) is 0 Å². The number of nitrogens with zero attached hydrogens (tertiary/aromatic N) is 1. The topological polar surface area (TPSA) is 20.2 Å². The number of hydrogen-bond acceptors (Lipinski definition) is 1. The second-order valence-corrected chi connectivity index (χ2v) is 14.0. The van der Waals surface area contributed by atoms with Crippen molar-refractivity contribution in [2.45, 2.75) is 104 Å². The summed E-state index contributed by atoms with van der Waals surface area (Å²) in [5, 5.41) is 10.3. The molecule has 0 spiro atoms. The fourth-order valence-electron chi connectivity index (χ4n) is 10.5. The maximum Gasteiger partial charge on any atom is 0.0915 e. The van der Waals surface area contributed by atoms with Gasteiger partial charge in [0.2, 0.25) is 0 Å². The second-order valence-electron chi connectivity index (χ2n) is 14.0. The Balaban J connectivity index is 1.38. The molecule has 1 heterocycles. The molecule has 5 aliphatic rings. The number of fused-ring (bicyclic) bond motifs is 5. The van der Waals surface area contributed by atoms with E-state index in [1.807, 2.05) is 0 Å². The highest BCUT2D eigenvalue weighted by molar-refractivity contribution is 5.25. The van der Waals surface area contributed by atoms with E-state index < -0.39 is 0 Å². The van der Waals surface area contributed by atoms with E-state index in [1.54, 1.807) is 5.57 Å². The third-order valence-corrected chi connectivity index (χ3v) is 12.0. The number of aliphatic hydroxyl groups excluding tert-OH is 1. The lowest BCUT2D eigenvalue weighted by Gasteiger charge is -2.59. The molecule has 1 saturated heterocycles. The number of likely N-dealkylation sites (tertiary alicyclic amines) is 1. The molecule has 31 heavy (non-hydrogen) atoms. The molecule has 5 rings (SSSR count). The van der Waals surface area contributed by atoms with Crippen molar-refractivity contribution in [1.82, 2.24) is 0 Å². The standard InChI is InChI=1S/C29H50NO/c1-19-7-12-27(30(5,6)18-19)20(2)24-10-11-25-23-9-8-21-17-22(31)13-15-28(21,3)26(23)14-16-29(24,25)4/h8,19-20,22-27,31H,7,9-18H2,1-6H3/q+1/t19-,20-,22+,23-,24+,25-,26-,27+,28+,29-/m1/s1. The molecule has 0 aromatic carbocycles. The molecule has 1 N–H and O–H groups in total. The van der Waals surface area contributed by atoms with Crippen molar-refractivity contribution >= 4 is 0 Å². The highest BCUT2D eigenvalue weighted by atomic mass is 16.3. The molecule has 1 aliphatic heterocycles. The Hall–Kier alpha value is -0.340. The van der Waals surface area contributed by atoms with Crippen LogP contribution in [0, 0.1) is 46.3 Å². The molecule has 2 nitrogen and oxygen atoms in total. The molecule has 10 atom stereocenters. The monoisotopic (exact) mass is 428 g/mol. The number of rotatable bonds is 2. The summed E-state index contributed by atoms with van der Waals surface area (Å²) >= 11 is 0. The van der Waals surface area contributed by atoms with Gasteiger partial charge in [0.1, 0.15) is 0 Å². The number of hydrogen-bond donors (Lipinski definition) is 1. The first kappa shape index (κ1) is 22.5. The summed E-state index contributed by atoms with van der Waals surface area (Å²) in [5.41, 5.74) is 2.56. The van der Waals surface area contributed by atoms with Gasteiger partial charge in [-0.2, -0.15) is 0 Å². The molecule has 4 aliphatic carbocycles. The van der Waals surface area contributed by atoms with Crippen LogP contribution in [-0.2, 0) is 0 Å². The molecule has 176 valence electrons. The molecule has 0 aromatic rings. The van der Waals surface area contributed by atoms with Gasteiger partial charge >= 0.3 is 0 Å². The minimum absolute atomic E-state index is 0.0823. The van der Waals surface area contributed by atoms with Crippen molar-refractivity contribution < 1.29 is 9.59 Å². The predicted molar refractivity (Wildman–Crippen MR) is 130 cm³/mol. The van der Waals surface area contributed by atoms with Gasteiger partial charge in [0, 0.05) is 18.3 Å². The van der Waals surface area contributed by atoms with Crippen molar-refractivity contribution in [3.05, 3.63) is 11.6 Å². The third-order valence-electron chi connectivity index (χ3n) is 12.0.